The first-order chi connectivity index (χ1) is 9.39. The van der Waals surface area contributed by atoms with Gasteiger partial charge in [0.1, 0.15) is 0 Å². The monoisotopic (exact) mass is 293 g/mol. The average molecular weight is 294 g/mol. The van der Waals surface area contributed by atoms with E-state index in [2.05, 4.69) is 0 Å². The number of benzene rings is 1. The summed E-state index contributed by atoms with van der Waals surface area (Å²) >= 11 is 6.03. The first kappa shape index (κ1) is 13.6. The molecule has 0 radical (unpaired) electrons. The van der Waals surface area contributed by atoms with E-state index in [1.165, 1.54) is 4.90 Å². The molecule has 0 saturated carbocycles. The molecule has 0 aliphatic carbocycles. The molecule has 0 bridgehead atoms. The number of nitrogens with zero attached hydrogens (tertiary/aromatic N) is 1. The van der Waals surface area contributed by atoms with Gasteiger partial charge in [-0.1, -0.05) is 17.7 Å². The highest BCUT2D eigenvalue weighted by Gasteiger charge is 2.41. The van der Waals surface area contributed by atoms with Crippen LogP contribution in [-0.4, -0.2) is 29.9 Å². The van der Waals surface area contributed by atoms with Crippen LogP contribution in [0.5, 0.6) is 0 Å². The van der Waals surface area contributed by atoms with Gasteiger partial charge in [-0.05, 0) is 38.8 Å². The minimum absolute atomic E-state index is 0.0355. The molecule has 0 aromatic heterocycles. The number of Topliss-reactive ketones (excluding diaryl/α,β-unsaturated/α-hetero) is 1. The third-order valence-corrected chi connectivity index (χ3v) is 4.20. The van der Waals surface area contributed by atoms with Crippen molar-refractivity contribution in [3.8, 4) is 0 Å². The molecule has 2 aliphatic heterocycles. The van der Waals surface area contributed by atoms with Gasteiger partial charge in [0, 0.05) is 0 Å². The molecule has 1 unspecified atom stereocenters. The van der Waals surface area contributed by atoms with Crippen molar-refractivity contribution in [3.63, 3.8) is 0 Å². The maximum Gasteiger partial charge on any atom is 0.299 e. The van der Waals surface area contributed by atoms with Crippen LogP contribution in [0.3, 0.4) is 0 Å². The summed E-state index contributed by atoms with van der Waals surface area (Å²) in [5, 5.41) is 0.330. The van der Waals surface area contributed by atoms with Crippen molar-refractivity contribution in [2.45, 2.75) is 38.4 Å². The highest BCUT2D eigenvalue weighted by molar-refractivity contribution is 6.55. The SMILES string of the molecule is CC1(C)CCC(CN2C(=O)C(=O)c3c(Cl)cccc32)O1. The fraction of sp³-hybridized carbons (Fsp3) is 0.467. The molecule has 2 heterocycles. The Morgan fingerprint density at radius 1 is 1.40 bits per heavy atom. The third-order valence-electron chi connectivity index (χ3n) is 3.89. The van der Waals surface area contributed by atoms with Crippen LogP contribution in [0.25, 0.3) is 0 Å². The number of amides is 1. The smallest absolute Gasteiger partial charge is 0.299 e. The molecule has 0 N–H and O–H groups in total. The molecule has 106 valence electrons. The van der Waals surface area contributed by atoms with Gasteiger partial charge in [-0.15, -0.1) is 0 Å². The van der Waals surface area contributed by atoms with Crippen molar-refractivity contribution >= 4 is 29.0 Å². The summed E-state index contributed by atoms with van der Waals surface area (Å²) in [6.07, 6.45) is 1.81. The van der Waals surface area contributed by atoms with Gasteiger partial charge >= 0.3 is 0 Å². The van der Waals surface area contributed by atoms with Crippen LogP contribution in [-0.2, 0) is 9.53 Å². The quantitative estimate of drug-likeness (QED) is 0.788. The fourth-order valence-electron chi connectivity index (χ4n) is 2.89. The minimum Gasteiger partial charge on any atom is -0.370 e. The Morgan fingerprint density at radius 2 is 2.15 bits per heavy atom. The maximum absolute atomic E-state index is 12.1. The van der Waals surface area contributed by atoms with E-state index in [4.69, 9.17) is 16.3 Å². The van der Waals surface area contributed by atoms with E-state index < -0.39 is 11.7 Å². The number of carbonyl (C=O) groups excluding carboxylic acids is 2. The van der Waals surface area contributed by atoms with Gasteiger partial charge in [-0.25, -0.2) is 0 Å². The zero-order valence-electron chi connectivity index (χ0n) is 11.5. The molecule has 1 saturated heterocycles. The molecule has 1 aromatic carbocycles. The number of carbonyl (C=O) groups is 2. The Balaban J connectivity index is 1.87. The Labute approximate surface area is 122 Å². The fourth-order valence-corrected chi connectivity index (χ4v) is 3.15. The van der Waals surface area contributed by atoms with E-state index in [1.807, 2.05) is 13.8 Å². The summed E-state index contributed by atoms with van der Waals surface area (Å²) in [6.45, 7) is 4.48. The Kier molecular flexibility index (Phi) is 3.10. The number of halogens is 1. The second-order valence-electron chi connectivity index (χ2n) is 5.92. The molecule has 1 aromatic rings. The number of hydrogen-bond donors (Lipinski definition) is 0. The third kappa shape index (κ3) is 2.13. The molecule has 1 amide bonds. The van der Waals surface area contributed by atoms with E-state index in [-0.39, 0.29) is 11.7 Å². The summed E-state index contributed by atoms with van der Waals surface area (Å²) in [4.78, 5) is 25.6. The van der Waals surface area contributed by atoms with Crippen LogP contribution >= 0.6 is 11.6 Å². The lowest BCUT2D eigenvalue weighted by Crippen LogP contribution is -2.37. The number of anilines is 1. The van der Waals surface area contributed by atoms with Crippen molar-refractivity contribution in [1.82, 2.24) is 0 Å². The number of rotatable bonds is 2. The topological polar surface area (TPSA) is 46.6 Å². The molecule has 2 aliphatic rings. The van der Waals surface area contributed by atoms with E-state index in [0.29, 0.717) is 22.8 Å². The van der Waals surface area contributed by atoms with Crippen LogP contribution in [0, 0.1) is 0 Å². The zero-order valence-corrected chi connectivity index (χ0v) is 12.2. The molecule has 3 rings (SSSR count). The summed E-state index contributed by atoms with van der Waals surface area (Å²) in [5.41, 5.74) is 0.756. The predicted octanol–water partition coefficient (Wildman–Crippen LogP) is 2.83. The summed E-state index contributed by atoms with van der Waals surface area (Å²) in [5.74, 6) is -1.04. The molecule has 20 heavy (non-hydrogen) atoms. The lowest BCUT2D eigenvalue weighted by molar-refractivity contribution is -0.114. The zero-order chi connectivity index (χ0) is 14.5. The molecular weight excluding hydrogens is 278 g/mol. The van der Waals surface area contributed by atoms with Gasteiger partial charge in [-0.3, -0.25) is 9.59 Å². The lowest BCUT2D eigenvalue weighted by atomic mass is 10.1. The number of hydrogen-bond acceptors (Lipinski definition) is 3. The van der Waals surface area contributed by atoms with E-state index >= 15 is 0 Å². The largest absolute Gasteiger partial charge is 0.370 e. The van der Waals surface area contributed by atoms with E-state index in [1.54, 1.807) is 18.2 Å². The lowest BCUT2D eigenvalue weighted by Gasteiger charge is -2.23. The van der Waals surface area contributed by atoms with Crippen LogP contribution < -0.4 is 4.90 Å². The minimum atomic E-state index is -0.525. The van der Waals surface area contributed by atoms with Crippen LogP contribution in [0.2, 0.25) is 5.02 Å². The molecular formula is C15H16ClNO3. The molecule has 1 fully saturated rings. The molecule has 5 heteroatoms. The normalized spacial score (nSPS) is 24.4. The summed E-state index contributed by atoms with van der Waals surface area (Å²) < 4.78 is 5.90. The predicted molar refractivity (Wildman–Crippen MR) is 76.3 cm³/mol. The Hall–Kier alpha value is -1.39. The second-order valence-corrected chi connectivity index (χ2v) is 6.32. The van der Waals surface area contributed by atoms with Crippen molar-refractivity contribution in [3.05, 3.63) is 28.8 Å². The second kappa shape index (κ2) is 4.57. The van der Waals surface area contributed by atoms with Gasteiger partial charge in [0.15, 0.2) is 0 Å². The number of ether oxygens (including phenoxy) is 1. The van der Waals surface area contributed by atoms with Gasteiger partial charge < -0.3 is 9.64 Å². The summed E-state index contributed by atoms with van der Waals surface area (Å²) in [7, 11) is 0. The van der Waals surface area contributed by atoms with Gasteiger partial charge in [0.05, 0.1) is 34.5 Å². The first-order valence-corrected chi connectivity index (χ1v) is 7.09. The van der Waals surface area contributed by atoms with Gasteiger partial charge in [0.2, 0.25) is 0 Å². The van der Waals surface area contributed by atoms with Gasteiger partial charge in [-0.2, -0.15) is 0 Å². The van der Waals surface area contributed by atoms with Crippen molar-refractivity contribution in [1.29, 1.82) is 0 Å². The van der Waals surface area contributed by atoms with Crippen LogP contribution in [0.1, 0.15) is 37.0 Å². The standard InChI is InChI=1S/C15H16ClNO3/c1-15(2)7-6-9(20-15)8-17-11-5-3-4-10(16)12(11)13(18)14(17)19/h3-5,9H,6-8H2,1-2H3. The highest BCUT2D eigenvalue weighted by atomic mass is 35.5. The molecule has 0 spiro atoms. The van der Waals surface area contributed by atoms with Crippen molar-refractivity contribution in [2.75, 3.05) is 11.4 Å². The number of ketones is 1. The van der Waals surface area contributed by atoms with Crippen molar-refractivity contribution in [2.24, 2.45) is 0 Å². The summed E-state index contributed by atoms with van der Waals surface area (Å²) in [6, 6.07) is 5.13. The van der Waals surface area contributed by atoms with Gasteiger partial charge in [0.25, 0.3) is 11.7 Å². The Morgan fingerprint density at radius 3 is 2.80 bits per heavy atom. The van der Waals surface area contributed by atoms with Crippen molar-refractivity contribution < 1.29 is 14.3 Å². The first-order valence-electron chi connectivity index (χ1n) is 6.71. The molecule has 1 atom stereocenters. The van der Waals surface area contributed by atoms with E-state index in [0.717, 1.165) is 12.8 Å². The Bertz CT molecular complexity index is 597. The maximum atomic E-state index is 12.1. The van der Waals surface area contributed by atoms with E-state index in [9.17, 15) is 9.59 Å². The van der Waals surface area contributed by atoms with Crippen LogP contribution in [0.15, 0.2) is 18.2 Å². The number of fused-ring (bicyclic) bond motifs is 1. The highest BCUT2D eigenvalue weighted by Crippen LogP contribution is 2.36. The van der Waals surface area contributed by atoms with Crippen LogP contribution in [0.4, 0.5) is 5.69 Å². The average Bonchev–Trinajstić information content (AvgIpc) is 2.84. The molecule has 4 nitrogen and oxygen atoms in total.